The van der Waals surface area contributed by atoms with E-state index in [1.165, 1.54) is 12.1 Å². The lowest BCUT2D eigenvalue weighted by molar-refractivity contribution is 0.262. The van der Waals surface area contributed by atoms with E-state index in [1.807, 2.05) is 24.3 Å². The summed E-state index contributed by atoms with van der Waals surface area (Å²) in [5, 5.41) is 6.28. The largest absolute Gasteiger partial charge is 0.369 e. The minimum absolute atomic E-state index is 0.372. The molecule has 0 bridgehead atoms. The zero-order valence-corrected chi connectivity index (χ0v) is 17.4. The Morgan fingerprint density at radius 1 is 1.03 bits per heavy atom. The zero-order valence-electron chi connectivity index (χ0n) is 15.9. The Labute approximate surface area is 178 Å². The van der Waals surface area contributed by atoms with Crippen molar-refractivity contribution in [2.45, 2.75) is 6.92 Å². The molecule has 3 rings (SSSR count). The van der Waals surface area contributed by atoms with Gasteiger partial charge in [0.05, 0.1) is 11.2 Å². The number of alkyl halides is 2. The lowest BCUT2D eigenvalue weighted by atomic mass is 10.1. The molecule has 2 amide bonds. The number of nitrogens with zero attached hydrogens (tertiary/aromatic N) is 2. The second kappa shape index (κ2) is 9.76. The summed E-state index contributed by atoms with van der Waals surface area (Å²) >= 11 is 11.7. The minimum Gasteiger partial charge on any atom is -0.369 e. The van der Waals surface area contributed by atoms with Gasteiger partial charge in [0.1, 0.15) is 5.82 Å². The molecule has 0 spiro atoms. The number of hydrogen-bond acceptors (Lipinski definition) is 3. The summed E-state index contributed by atoms with van der Waals surface area (Å²) in [6, 6.07) is 13.1. The molecule has 0 atom stereocenters. The number of fused-ring (bicyclic) bond motifs is 1. The van der Waals surface area contributed by atoms with E-state index in [9.17, 15) is 9.18 Å². The van der Waals surface area contributed by atoms with Gasteiger partial charge in [0.2, 0.25) is 0 Å². The summed E-state index contributed by atoms with van der Waals surface area (Å²) in [6.45, 7) is 3.17. The van der Waals surface area contributed by atoms with Crippen LogP contribution in [0, 0.1) is 12.7 Å². The van der Waals surface area contributed by atoms with Crippen LogP contribution >= 0.6 is 23.2 Å². The van der Waals surface area contributed by atoms with Crippen LogP contribution in [0.15, 0.2) is 48.5 Å². The molecule has 0 saturated heterocycles. The van der Waals surface area contributed by atoms with Gasteiger partial charge in [0, 0.05) is 53.4 Å². The standard InChI is InChI=1S/C21H21Cl2FN4O/c1-14-12-19(18-7-2-15(24)13-20(18)25-14)27-21(29)26-16-3-5-17(6-4-16)28(10-8-22)11-9-23/h2-7,12-13H,8-11H2,1H3,(H2,25,26,27,29). The summed E-state index contributed by atoms with van der Waals surface area (Å²) < 4.78 is 13.5. The first-order valence-electron chi connectivity index (χ1n) is 9.12. The summed E-state index contributed by atoms with van der Waals surface area (Å²) in [6.07, 6.45) is 0. The first-order valence-corrected chi connectivity index (χ1v) is 10.2. The molecule has 0 aliphatic carbocycles. The third-order valence-corrected chi connectivity index (χ3v) is 4.69. The molecule has 0 aliphatic heterocycles. The first kappa shape index (κ1) is 21.1. The second-order valence-corrected chi connectivity index (χ2v) is 7.22. The van der Waals surface area contributed by atoms with Gasteiger partial charge >= 0.3 is 6.03 Å². The second-order valence-electron chi connectivity index (χ2n) is 6.46. The molecule has 0 fully saturated rings. The van der Waals surface area contributed by atoms with Crippen LogP contribution in [0.25, 0.3) is 10.9 Å². The number of carbonyl (C=O) groups is 1. The number of nitrogens with one attached hydrogen (secondary N) is 2. The van der Waals surface area contributed by atoms with Crippen molar-refractivity contribution >= 4 is 57.2 Å². The van der Waals surface area contributed by atoms with Gasteiger partial charge in [-0.25, -0.2) is 9.18 Å². The fourth-order valence-corrected chi connectivity index (χ4v) is 3.46. The predicted octanol–water partition coefficient (Wildman–Crippen LogP) is 5.61. The number of aryl methyl sites for hydroxylation is 1. The van der Waals surface area contributed by atoms with Gasteiger partial charge in [0.25, 0.3) is 0 Å². The normalized spacial score (nSPS) is 10.8. The van der Waals surface area contributed by atoms with Crippen LogP contribution in [0.3, 0.4) is 0 Å². The maximum absolute atomic E-state index is 13.5. The van der Waals surface area contributed by atoms with Crippen LogP contribution in [0.5, 0.6) is 0 Å². The Morgan fingerprint density at radius 2 is 1.72 bits per heavy atom. The molecule has 3 aromatic rings. The van der Waals surface area contributed by atoms with E-state index in [0.29, 0.717) is 52.8 Å². The predicted molar refractivity (Wildman–Crippen MR) is 119 cm³/mol. The zero-order chi connectivity index (χ0) is 20.8. The van der Waals surface area contributed by atoms with Crippen molar-refractivity contribution in [2.75, 3.05) is 40.4 Å². The molecule has 0 saturated carbocycles. The van der Waals surface area contributed by atoms with Crippen molar-refractivity contribution in [3.63, 3.8) is 0 Å². The molecule has 152 valence electrons. The van der Waals surface area contributed by atoms with Crippen LogP contribution in [0.2, 0.25) is 0 Å². The maximum atomic E-state index is 13.5. The Hall–Kier alpha value is -2.57. The lowest BCUT2D eigenvalue weighted by Gasteiger charge is -2.23. The smallest absolute Gasteiger partial charge is 0.323 e. The van der Waals surface area contributed by atoms with Gasteiger partial charge in [-0.1, -0.05) is 0 Å². The van der Waals surface area contributed by atoms with Crippen molar-refractivity contribution in [1.82, 2.24) is 4.98 Å². The van der Waals surface area contributed by atoms with Gasteiger partial charge in [-0.15, -0.1) is 23.2 Å². The number of amides is 2. The third-order valence-electron chi connectivity index (χ3n) is 4.35. The minimum atomic E-state index is -0.396. The summed E-state index contributed by atoms with van der Waals surface area (Å²) in [5.74, 6) is 0.633. The van der Waals surface area contributed by atoms with Crippen LogP contribution in [-0.2, 0) is 0 Å². The highest BCUT2D eigenvalue weighted by molar-refractivity contribution is 6.18. The number of anilines is 3. The Balaban J connectivity index is 1.72. The highest BCUT2D eigenvalue weighted by atomic mass is 35.5. The quantitative estimate of drug-likeness (QED) is 0.475. The van der Waals surface area contributed by atoms with Gasteiger partial charge in [-0.2, -0.15) is 0 Å². The van der Waals surface area contributed by atoms with E-state index in [1.54, 1.807) is 19.1 Å². The van der Waals surface area contributed by atoms with Gasteiger partial charge in [-0.3, -0.25) is 4.98 Å². The summed E-state index contributed by atoms with van der Waals surface area (Å²) in [5.41, 5.74) is 3.36. The van der Waals surface area contributed by atoms with Crippen molar-refractivity contribution in [3.8, 4) is 0 Å². The monoisotopic (exact) mass is 434 g/mol. The molecule has 0 aliphatic rings. The van der Waals surface area contributed by atoms with E-state index in [0.717, 1.165) is 5.69 Å². The molecule has 1 heterocycles. The van der Waals surface area contributed by atoms with E-state index < -0.39 is 6.03 Å². The van der Waals surface area contributed by atoms with E-state index in [2.05, 4.69) is 20.5 Å². The maximum Gasteiger partial charge on any atom is 0.323 e. The van der Waals surface area contributed by atoms with Crippen LogP contribution in [0.1, 0.15) is 5.69 Å². The fraction of sp³-hybridized carbons (Fsp3) is 0.238. The molecule has 0 unspecified atom stereocenters. The van der Waals surface area contributed by atoms with E-state index in [-0.39, 0.29) is 5.82 Å². The van der Waals surface area contributed by atoms with Crippen LogP contribution in [0.4, 0.5) is 26.2 Å². The molecule has 1 aromatic heterocycles. The topological polar surface area (TPSA) is 57.3 Å². The SMILES string of the molecule is Cc1cc(NC(=O)Nc2ccc(N(CCCl)CCCl)cc2)c2ccc(F)cc2n1. The lowest BCUT2D eigenvalue weighted by Crippen LogP contribution is -2.27. The number of hydrogen-bond donors (Lipinski definition) is 2. The van der Waals surface area contributed by atoms with Crippen molar-refractivity contribution in [1.29, 1.82) is 0 Å². The number of carbonyl (C=O) groups excluding carboxylic acids is 1. The van der Waals surface area contributed by atoms with Crippen molar-refractivity contribution in [3.05, 3.63) is 60.0 Å². The average Bonchev–Trinajstić information content (AvgIpc) is 2.68. The number of pyridine rings is 1. The number of aromatic nitrogens is 1. The molecular weight excluding hydrogens is 414 g/mol. The summed E-state index contributed by atoms with van der Waals surface area (Å²) in [7, 11) is 0. The molecule has 8 heteroatoms. The Morgan fingerprint density at radius 3 is 2.38 bits per heavy atom. The molecule has 2 N–H and O–H groups in total. The Kier molecular flexibility index (Phi) is 7.12. The number of halogens is 3. The van der Waals surface area contributed by atoms with Gasteiger partial charge in [-0.05, 0) is 49.4 Å². The van der Waals surface area contributed by atoms with Crippen LogP contribution < -0.4 is 15.5 Å². The van der Waals surface area contributed by atoms with E-state index >= 15 is 0 Å². The van der Waals surface area contributed by atoms with Crippen molar-refractivity contribution < 1.29 is 9.18 Å². The van der Waals surface area contributed by atoms with E-state index in [4.69, 9.17) is 23.2 Å². The molecule has 0 radical (unpaired) electrons. The third kappa shape index (κ3) is 5.49. The molecule has 2 aromatic carbocycles. The highest BCUT2D eigenvalue weighted by Gasteiger charge is 2.10. The first-order chi connectivity index (χ1) is 14.0. The van der Waals surface area contributed by atoms with Crippen molar-refractivity contribution in [2.24, 2.45) is 0 Å². The average molecular weight is 435 g/mol. The fourth-order valence-electron chi connectivity index (χ4n) is 3.05. The highest BCUT2D eigenvalue weighted by Crippen LogP contribution is 2.24. The number of urea groups is 1. The summed E-state index contributed by atoms with van der Waals surface area (Å²) in [4.78, 5) is 18.9. The van der Waals surface area contributed by atoms with Gasteiger partial charge in [0.15, 0.2) is 0 Å². The molecule has 29 heavy (non-hydrogen) atoms. The number of rotatable bonds is 7. The van der Waals surface area contributed by atoms with Crippen LogP contribution in [-0.4, -0.2) is 35.9 Å². The molecular formula is C21H21Cl2FN4O. The Bertz CT molecular complexity index is 987. The molecule has 5 nitrogen and oxygen atoms in total. The van der Waals surface area contributed by atoms with Gasteiger partial charge < -0.3 is 15.5 Å². The number of benzene rings is 2.